The van der Waals surface area contributed by atoms with Gasteiger partial charge in [0.25, 0.3) is 0 Å². The quantitative estimate of drug-likeness (QED) is 0.516. The second kappa shape index (κ2) is 6.86. The zero-order chi connectivity index (χ0) is 12.7. The third kappa shape index (κ3) is 7.22. The molecule has 0 radical (unpaired) electrons. The monoisotopic (exact) mass is 258 g/mol. The van der Waals surface area contributed by atoms with Gasteiger partial charge in [0.1, 0.15) is 5.82 Å². The molecule has 0 fully saturated rings. The van der Waals surface area contributed by atoms with Crippen molar-refractivity contribution in [3.8, 4) is 0 Å². The highest BCUT2D eigenvalue weighted by Crippen LogP contribution is 2.12. The first-order chi connectivity index (χ1) is 7.97. The molecule has 17 heavy (non-hydrogen) atoms. The fourth-order valence-electron chi connectivity index (χ4n) is 1.74. The first kappa shape index (κ1) is 14.3. The van der Waals surface area contributed by atoms with Crippen molar-refractivity contribution in [1.82, 2.24) is 0 Å². The van der Waals surface area contributed by atoms with E-state index in [1.807, 2.05) is 6.07 Å². The predicted octanol–water partition coefficient (Wildman–Crippen LogP) is 1.84. The SMILES string of the molecule is O[Si](O)(O)CCCCCCc1cccc(F)c1. The fraction of sp³-hybridized carbons (Fsp3) is 0.500. The van der Waals surface area contributed by atoms with Gasteiger partial charge in [0, 0.05) is 6.04 Å². The van der Waals surface area contributed by atoms with Gasteiger partial charge in [-0.05, 0) is 37.0 Å². The van der Waals surface area contributed by atoms with Gasteiger partial charge >= 0.3 is 8.80 Å². The molecule has 0 aliphatic heterocycles. The van der Waals surface area contributed by atoms with Crippen molar-refractivity contribution < 1.29 is 18.8 Å². The Morgan fingerprint density at radius 1 is 1.00 bits per heavy atom. The Morgan fingerprint density at radius 3 is 2.35 bits per heavy atom. The molecule has 1 aromatic carbocycles. The minimum atomic E-state index is -3.84. The van der Waals surface area contributed by atoms with Crippen molar-refractivity contribution in [3.05, 3.63) is 35.6 Å². The van der Waals surface area contributed by atoms with Crippen LogP contribution in [0.1, 0.15) is 31.2 Å². The van der Waals surface area contributed by atoms with Gasteiger partial charge in [-0.3, -0.25) is 0 Å². The first-order valence-electron chi connectivity index (χ1n) is 5.89. The molecule has 1 rings (SSSR count). The maximum atomic E-state index is 12.8. The van der Waals surface area contributed by atoms with Crippen molar-refractivity contribution in [1.29, 1.82) is 0 Å². The van der Waals surface area contributed by atoms with Crippen molar-refractivity contribution in [2.75, 3.05) is 0 Å². The second-order valence-electron chi connectivity index (χ2n) is 4.32. The summed E-state index contributed by atoms with van der Waals surface area (Å²) in [5, 5.41) is 0. The molecule has 1 aromatic rings. The molecule has 0 atom stereocenters. The number of unbranched alkanes of at least 4 members (excludes halogenated alkanes) is 3. The van der Waals surface area contributed by atoms with E-state index in [0.29, 0.717) is 6.42 Å². The highest BCUT2D eigenvalue weighted by atomic mass is 28.4. The normalized spacial score (nSPS) is 11.8. The van der Waals surface area contributed by atoms with Crippen LogP contribution >= 0.6 is 0 Å². The summed E-state index contributed by atoms with van der Waals surface area (Å²) < 4.78 is 12.8. The van der Waals surface area contributed by atoms with Gasteiger partial charge in [0.05, 0.1) is 0 Å². The van der Waals surface area contributed by atoms with E-state index in [1.165, 1.54) is 12.1 Å². The molecule has 5 heteroatoms. The number of aryl methyl sites for hydroxylation is 1. The van der Waals surface area contributed by atoms with Gasteiger partial charge in [-0.15, -0.1) is 0 Å². The lowest BCUT2D eigenvalue weighted by atomic mass is 10.1. The van der Waals surface area contributed by atoms with Gasteiger partial charge in [-0.25, -0.2) is 4.39 Å². The molecular formula is C12H19FO3Si. The van der Waals surface area contributed by atoms with Crippen LogP contribution in [-0.4, -0.2) is 23.2 Å². The van der Waals surface area contributed by atoms with Gasteiger partial charge < -0.3 is 14.4 Å². The number of rotatable bonds is 7. The van der Waals surface area contributed by atoms with Crippen LogP contribution in [0.15, 0.2) is 24.3 Å². The largest absolute Gasteiger partial charge is 0.492 e. The van der Waals surface area contributed by atoms with Crippen molar-refractivity contribution >= 4 is 8.80 Å². The minimum absolute atomic E-state index is 0.104. The molecule has 0 heterocycles. The standard InChI is InChI=1S/C12H19FO3Si/c13-12-8-5-7-11(10-12)6-3-1-2-4-9-17(14,15)16/h5,7-8,10,14-16H,1-4,6,9H2. The summed E-state index contributed by atoms with van der Waals surface area (Å²) in [6.07, 6.45) is 4.20. The van der Waals surface area contributed by atoms with Crippen LogP contribution in [-0.2, 0) is 6.42 Å². The van der Waals surface area contributed by atoms with Crippen LogP contribution in [0.4, 0.5) is 4.39 Å². The molecule has 0 bridgehead atoms. The van der Waals surface area contributed by atoms with E-state index in [9.17, 15) is 4.39 Å². The molecule has 0 aliphatic carbocycles. The lowest BCUT2D eigenvalue weighted by molar-refractivity contribution is 0.226. The van der Waals surface area contributed by atoms with E-state index >= 15 is 0 Å². The Hall–Kier alpha value is -0.753. The average Bonchev–Trinajstić information content (AvgIpc) is 2.22. The predicted molar refractivity (Wildman–Crippen MR) is 65.8 cm³/mol. The Kier molecular flexibility index (Phi) is 5.77. The van der Waals surface area contributed by atoms with E-state index in [4.69, 9.17) is 14.4 Å². The summed E-state index contributed by atoms with van der Waals surface area (Å²) in [4.78, 5) is 26.4. The number of hydrogen-bond acceptors (Lipinski definition) is 3. The number of hydrogen-bond donors (Lipinski definition) is 3. The van der Waals surface area contributed by atoms with Gasteiger partial charge in [0.2, 0.25) is 0 Å². The molecule has 0 aromatic heterocycles. The molecule has 3 N–H and O–H groups in total. The Morgan fingerprint density at radius 2 is 1.71 bits per heavy atom. The molecule has 0 spiro atoms. The summed E-state index contributed by atoms with van der Waals surface area (Å²) in [5.74, 6) is -0.209. The van der Waals surface area contributed by atoms with E-state index in [2.05, 4.69) is 0 Å². The maximum Gasteiger partial charge on any atom is 0.492 e. The second-order valence-corrected chi connectivity index (χ2v) is 6.37. The topological polar surface area (TPSA) is 60.7 Å². The lowest BCUT2D eigenvalue weighted by Crippen LogP contribution is -2.33. The van der Waals surface area contributed by atoms with Gasteiger partial charge in [0.15, 0.2) is 0 Å². The average molecular weight is 258 g/mol. The zero-order valence-electron chi connectivity index (χ0n) is 9.77. The maximum absolute atomic E-state index is 12.8. The molecule has 0 saturated carbocycles. The highest BCUT2D eigenvalue weighted by molar-refractivity contribution is 6.56. The van der Waals surface area contributed by atoms with E-state index in [1.54, 1.807) is 6.07 Å². The summed E-state index contributed by atoms with van der Waals surface area (Å²) in [7, 11) is -3.84. The first-order valence-corrected chi connectivity index (χ1v) is 7.94. The fourth-order valence-corrected chi connectivity index (χ4v) is 2.46. The minimum Gasteiger partial charge on any atom is -0.390 e. The van der Waals surface area contributed by atoms with Crippen molar-refractivity contribution in [3.63, 3.8) is 0 Å². The van der Waals surface area contributed by atoms with E-state index in [-0.39, 0.29) is 11.9 Å². The van der Waals surface area contributed by atoms with Crippen LogP contribution in [0.25, 0.3) is 0 Å². The Bertz CT molecular complexity index is 339. The Balaban J connectivity index is 2.09. The molecule has 0 saturated heterocycles. The lowest BCUT2D eigenvalue weighted by Gasteiger charge is -2.08. The van der Waals surface area contributed by atoms with Crippen molar-refractivity contribution in [2.24, 2.45) is 0 Å². The van der Waals surface area contributed by atoms with Crippen LogP contribution in [0, 0.1) is 5.82 Å². The Labute approximate surface area is 102 Å². The zero-order valence-corrected chi connectivity index (χ0v) is 10.8. The van der Waals surface area contributed by atoms with Gasteiger partial charge in [-0.2, -0.15) is 0 Å². The molecule has 0 amide bonds. The van der Waals surface area contributed by atoms with Crippen LogP contribution in [0.5, 0.6) is 0 Å². The molecular weight excluding hydrogens is 239 g/mol. The number of benzene rings is 1. The molecule has 96 valence electrons. The molecule has 0 aliphatic rings. The third-order valence-electron chi connectivity index (χ3n) is 2.62. The smallest absolute Gasteiger partial charge is 0.390 e. The summed E-state index contributed by atoms with van der Waals surface area (Å²) in [5.41, 5.74) is 0.986. The van der Waals surface area contributed by atoms with Gasteiger partial charge in [-0.1, -0.05) is 25.0 Å². The highest BCUT2D eigenvalue weighted by Gasteiger charge is 2.25. The van der Waals surface area contributed by atoms with E-state index in [0.717, 1.165) is 31.2 Å². The van der Waals surface area contributed by atoms with E-state index < -0.39 is 8.80 Å². The molecule has 3 nitrogen and oxygen atoms in total. The molecule has 0 unspecified atom stereocenters. The summed E-state index contributed by atoms with van der Waals surface area (Å²) in [6.45, 7) is 0. The van der Waals surface area contributed by atoms with Crippen LogP contribution in [0.2, 0.25) is 6.04 Å². The number of halogens is 1. The summed E-state index contributed by atoms with van der Waals surface area (Å²) in [6, 6.07) is 6.67. The summed E-state index contributed by atoms with van der Waals surface area (Å²) >= 11 is 0. The van der Waals surface area contributed by atoms with Crippen molar-refractivity contribution in [2.45, 2.75) is 38.1 Å². The van der Waals surface area contributed by atoms with Crippen LogP contribution < -0.4 is 0 Å². The van der Waals surface area contributed by atoms with Crippen LogP contribution in [0.3, 0.4) is 0 Å². The third-order valence-corrected chi connectivity index (χ3v) is 3.64.